The van der Waals surface area contributed by atoms with E-state index in [-0.39, 0.29) is 5.56 Å². The highest BCUT2D eigenvalue weighted by Crippen LogP contribution is 2.16. The van der Waals surface area contributed by atoms with Gasteiger partial charge in [0.05, 0.1) is 0 Å². The summed E-state index contributed by atoms with van der Waals surface area (Å²) in [4.78, 5) is 18.8. The van der Waals surface area contributed by atoms with Gasteiger partial charge in [-0.05, 0) is 53.4 Å². The molecule has 2 heterocycles. The molecule has 0 radical (unpaired) electrons. The highest BCUT2D eigenvalue weighted by Gasteiger charge is 2.23. The van der Waals surface area contributed by atoms with Crippen molar-refractivity contribution in [3.63, 3.8) is 0 Å². The summed E-state index contributed by atoms with van der Waals surface area (Å²) < 4.78 is 1.72. The summed E-state index contributed by atoms with van der Waals surface area (Å²) in [5.74, 6) is 0.606. The van der Waals surface area contributed by atoms with Crippen molar-refractivity contribution in [1.29, 1.82) is 0 Å². The molecule has 5 nitrogen and oxygen atoms in total. The quantitative estimate of drug-likeness (QED) is 0.780. The molecule has 1 saturated heterocycles. The van der Waals surface area contributed by atoms with Crippen molar-refractivity contribution in [1.82, 2.24) is 14.9 Å². The zero-order valence-corrected chi connectivity index (χ0v) is 15.6. The van der Waals surface area contributed by atoms with Crippen molar-refractivity contribution in [3.8, 4) is 0 Å². The number of hydrogen-bond acceptors (Lipinski definition) is 4. The molecular formula is C19H32N4O. The summed E-state index contributed by atoms with van der Waals surface area (Å²) in [5, 5.41) is 3.74. The molecule has 134 valence electrons. The molecule has 1 atom stereocenters. The Kier molecular flexibility index (Phi) is 7.03. The molecule has 1 aliphatic rings. The van der Waals surface area contributed by atoms with E-state index in [1.807, 2.05) is 6.92 Å². The monoisotopic (exact) mass is 332 g/mol. The van der Waals surface area contributed by atoms with Crippen LogP contribution in [0, 0.1) is 0 Å². The van der Waals surface area contributed by atoms with Crippen LogP contribution in [0.4, 0.5) is 5.82 Å². The third kappa shape index (κ3) is 5.20. The fourth-order valence-electron chi connectivity index (χ4n) is 3.27. The Labute approximate surface area is 145 Å². The third-order valence-electron chi connectivity index (χ3n) is 4.70. The van der Waals surface area contributed by atoms with Crippen LogP contribution < -0.4 is 15.8 Å². The predicted octanol–water partition coefficient (Wildman–Crippen LogP) is 2.96. The molecule has 0 aromatic carbocycles. The topological polar surface area (TPSA) is 50.2 Å². The van der Waals surface area contributed by atoms with Crippen molar-refractivity contribution >= 4 is 5.82 Å². The summed E-state index contributed by atoms with van der Waals surface area (Å²) in [6.45, 7) is 11.0. The zero-order valence-electron chi connectivity index (χ0n) is 15.6. The van der Waals surface area contributed by atoms with E-state index in [2.05, 4.69) is 42.0 Å². The van der Waals surface area contributed by atoms with E-state index in [1.54, 1.807) is 17.0 Å². The molecule has 0 spiro atoms. The smallest absolute Gasteiger partial charge is 0.293 e. The molecule has 5 heteroatoms. The Morgan fingerprint density at radius 1 is 1.42 bits per heavy atom. The lowest BCUT2D eigenvalue weighted by Gasteiger charge is -2.34. The second kappa shape index (κ2) is 9.02. The Morgan fingerprint density at radius 3 is 2.75 bits per heavy atom. The van der Waals surface area contributed by atoms with E-state index >= 15 is 0 Å². The number of anilines is 1. The van der Waals surface area contributed by atoms with Crippen LogP contribution in [0.2, 0.25) is 0 Å². The average Bonchev–Trinajstić information content (AvgIpc) is 2.55. The molecule has 1 aliphatic heterocycles. The van der Waals surface area contributed by atoms with Crippen LogP contribution in [0.15, 0.2) is 28.8 Å². The molecule has 0 saturated carbocycles. The van der Waals surface area contributed by atoms with Crippen LogP contribution in [0.5, 0.6) is 0 Å². The number of allylic oxidation sites excluding steroid dienone is 2. The van der Waals surface area contributed by atoms with Crippen LogP contribution in [0.1, 0.15) is 53.4 Å². The normalized spacial score (nSPS) is 16.9. The van der Waals surface area contributed by atoms with Crippen molar-refractivity contribution in [2.75, 3.05) is 18.0 Å². The lowest BCUT2D eigenvalue weighted by atomic mass is 10.0. The highest BCUT2D eigenvalue weighted by atomic mass is 16.1. The van der Waals surface area contributed by atoms with Crippen molar-refractivity contribution in [2.24, 2.45) is 0 Å². The average molecular weight is 332 g/mol. The minimum atomic E-state index is 0.0292. The maximum Gasteiger partial charge on any atom is 0.293 e. The molecule has 0 bridgehead atoms. The van der Waals surface area contributed by atoms with Gasteiger partial charge in [0, 0.05) is 44.1 Å². The van der Waals surface area contributed by atoms with E-state index in [9.17, 15) is 4.79 Å². The number of nitrogens with one attached hydrogen (secondary N) is 1. The standard InChI is InChI=1S/C19H32N4O/c1-5-22-14-11-20-18(19(22)24)23-12-9-17(10-13-23)21-16(4)8-6-7-15(2)3/h7,11,14,16-17,21H,5-6,8-10,12-13H2,1-4H3/t16-/m1/s1. The summed E-state index contributed by atoms with van der Waals surface area (Å²) in [7, 11) is 0. The second-order valence-electron chi connectivity index (χ2n) is 7.03. The summed E-state index contributed by atoms with van der Waals surface area (Å²) in [6, 6.07) is 1.07. The van der Waals surface area contributed by atoms with Gasteiger partial charge in [0.2, 0.25) is 0 Å². The largest absolute Gasteiger partial charge is 0.352 e. The van der Waals surface area contributed by atoms with E-state index in [0.717, 1.165) is 32.4 Å². The van der Waals surface area contributed by atoms with Crippen LogP contribution in [-0.2, 0) is 6.54 Å². The van der Waals surface area contributed by atoms with Gasteiger partial charge in [-0.15, -0.1) is 0 Å². The Morgan fingerprint density at radius 2 is 2.12 bits per heavy atom. The second-order valence-corrected chi connectivity index (χ2v) is 7.03. The molecule has 0 amide bonds. The Balaban J connectivity index is 1.83. The van der Waals surface area contributed by atoms with Gasteiger partial charge in [-0.25, -0.2) is 4.98 Å². The summed E-state index contributed by atoms with van der Waals surface area (Å²) >= 11 is 0. The summed E-state index contributed by atoms with van der Waals surface area (Å²) in [5.41, 5.74) is 1.42. The minimum Gasteiger partial charge on any atom is -0.352 e. The van der Waals surface area contributed by atoms with Gasteiger partial charge in [-0.1, -0.05) is 11.6 Å². The number of rotatable bonds is 7. The van der Waals surface area contributed by atoms with Crippen molar-refractivity contribution in [3.05, 3.63) is 34.4 Å². The molecule has 1 fully saturated rings. The molecule has 1 N–H and O–H groups in total. The number of hydrogen-bond donors (Lipinski definition) is 1. The number of piperidine rings is 1. The SMILES string of the molecule is CCn1ccnc(N2CCC(N[C@H](C)CCC=C(C)C)CC2)c1=O. The zero-order chi connectivity index (χ0) is 17.5. The van der Waals surface area contributed by atoms with Gasteiger partial charge in [-0.2, -0.15) is 0 Å². The van der Waals surface area contributed by atoms with Gasteiger partial charge in [0.15, 0.2) is 5.82 Å². The molecular weight excluding hydrogens is 300 g/mol. The van der Waals surface area contributed by atoms with Gasteiger partial charge in [0.1, 0.15) is 0 Å². The first-order chi connectivity index (χ1) is 11.5. The molecule has 0 aliphatic carbocycles. The molecule has 0 unspecified atom stereocenters. The van der Waals surface area contributed by atoms with E-state index in [0.29, 0.717) is 24.4 Å². The fourth-order valence-corrected chi connectivity index (χ4v) is 3.27. The first-order valence-corrected chi connectivity index (χ1v) is 9.21. The third-order valence-corrected chi connectivity index (χ3v) is 4.70. The predicted molar refractivity (Wildman–Crippen MR) is 101 cm³/mol. The maximum atomic E-state index is 12.4. The molecule has 2 rings (SSSR count). The van der Waals surface area contributed by atoms with Gasteiger partial charge in [-0.3, -0.25) is 4.79 Å². The lowest BCUT2D eigenvalue weighted by Crippen LogP contribution is -2.47. The van der Waals surface area contributed by atoms with E-state index < -0.39 is 0 Å². The number of aromatic nitrogens is 2. The van der Waals surface area contributed by atoms with Gasteiger partial charge in [0.25, 0.3) is 5.56 Å². The molecule has 24 heavy (non-hydrogen) atoms. The van der Waals surface area contributed by atoms with E-state index in [4.69, 9.17) is 0 Å². The minimum absolute atomic E-state index is 0.0292. The maximum absolute atomic E-state index is 12.4. The Bertz CT molecular complexity index is 596. The van der Waals surface area contributed by atoms with Crippen LogP contribution in [0.3, 0.4) is 0 Å². The first kappa shape index (κ1) is 18.7. The molecule has 1 aromatic heterocycles. The highest BCUT2D eigenvalue weighted by molar-refractivity contribution is 5.36. The fraction of sp³-hybridized carbons (Fsp3) is 0.684. The van der Waals surface area contributed by atoms with Gasteiger partial charge < -0.3 is 14.8 Å². The molecule has 1 aromatic rings. The van der Waals surface area contributed by atoms with Crippen LogP contribution in [-0.4, -0.2) is 34.7 Å². The lowest BCUT2D eigenvalue weighted by molar-refractivity contribution is 0.366. The van der Waals surface area contributed by atoms with Crippen molar-refractivity contribution in [2.45, 2.75) is 72.0 Å². The van der Waals surface area contributed by atoms with E-state index in [1.165, 1.54) is 12.0 Å². The number of aryl methyl sites for hydroxylation is 1. The summed E-state index contributed by atoms with van der Waals surface area (Å²) in [6.07, 6.45) is 10.2. The van der Waals surface area contributed by atoms with Crippen molar-refractivity contribution < 1.29 is 0 Å². The first-order valence-electron chi connectivity index (χ1n) is 9.21. The Hall–Kier alpha value is -1.62. The van der Waals surface area contributed by atoms with Crippen LogP contribution in [0.25, 0.3) is 0 Å². The van der Waals surface area contributed by atoms with Crippen LogP contribution >= 0.6 is 0 Å². The van der Waals surface area contributed by atoms with Gasteiger partial charge >= 0.3 is 0 Å². The number of nitrogens with zero attached hydrogens (tertiary/aromatic N) is 3.